The van der Waals surface area contributed by atoms with Crippen LogP contribution in [0.1, 0.15) is 47.1 Å². The van der Waals surface area contributed by atoms with Gasteiger partial charge < -0.3 is 4.52 Å². The van der Waals surface area contributed by atoms with Crippen molar-refractivity contribution in [3.05, 3.63) is 40.3 Å². The van der Waals surface area contributed by atoms with E-state index in [0.29, 0.717) is 12.4 Å². The molecule has 21 heavy (non-hydrogen) atoms. The van der Waals surface area contributed by atoms with Crippen molar-refractivity contribution in [3.63, 3.8) is 0 Å². The second-order valence-electron chi connectivity index (χ2n) is 5.96. The Morgan fingerprint density at radius 1 is 1.14 bits per heavy atom. The highest BCUT2D eigenvalue weighted by Crippen LogP contribution is 2.25. The zero-order valence-electron chi connectivity index (χ0n) is 13.0. The zero-order chi connectivity index (χ0) is 14.8. The first-order valence-corrected chi connectivity index (χ1v) is 7.58. The molecule has 1 aliphatic carbocycles. The van der Waals surface area contributed by atoms with Gasteiger partial charge in [0.2, 0.25) is 5.89 Å². The van der Waals surface area contributed by atoms with E-state index in [4.69, 9.17) is 9.51 Å². The van der Waals surface area contributed by atoms with Gasteiger partial charge in [0, 0.05) is 24.9 Å². The Balaban J connectivity index is 1.76. The average Bonchev–Trinajstić information content (AvgIpc) is 2.83. The normalized spacial score (nSPS) is 14.5. The molecule has 0 saturated carbocycles. The lowest BCUT2D eigenvalue weighted by Crippen LogP contribution is -2.21. The summed E-state index contributed by atoms with van der Waals surface area (Å²) in [5, 5.41) is 3.96. The molecule has 5 heteroatoms. The van der Waals surface area contributed by atoms with Gasteiger partial charge >= 0.3 is 0 Å². The number of hydrogen-bond acceptors (Lipinski definition) is 5. The van der Waals surface area contributed by atoms with Gasteiger partial charge in [-0.05, 0) is 56.8 Å². The molecule has 2 aromatic heterocycles. The van der Waals surface area contributed by atoms with Crippen LogP contribution in [0.3, 0.4) is 0 Å². The summed E-state index contributed by atoms with van der Waals surface area (Å²) in [6.45, 7) is 5.51. The van der Waals surface area contributed by atoms with E-state index >= 15 is 0 Å². The molecule has 0 spiro atoms. The van der Waals surface area contributed by atoms with Crippen molar-refractivity contribution in [1.82, 2.24) is 20.0 Å². The largest absolute Gasteiger partial charge is 0.340 e. The van der Waals surface area contributed by atoms with Crippen molar-refractivity contribution < 1.29 is 4.52 Å². The van der Waals surface area contributed by atoms with E-state index in [1.807, 2.05) is 6.92 Å². The Labute approximate surface area is 125 Å². The van der Waals surface area contributed by atoms with Gasteiger partial charge in [0.15, 0.2) is 5.82 Å². The van der Waals surface area contributed by atoms with E-state index in [2.05, 4.69) is 35.1 Å². The summed E-state index contributed by atoms with van der Waals surface area (Å²) in [5.41, 5.74) is 5.29. The average molecular weight is 286 g/mol. The number of rotatable bonds is 4. The quantitative estimate of drug-likeness (QED) is 0.864. The van der Waals surface area contributed by atoms with Crippen LogP contribution in [0.5, 0.6) is 0 Å². The van der Waals surface area contributed by atoms with Crippen LogP contribution in [0.25, 0.3) is 0 Å². The minimum Gasteiger partial charge on any atom is -0.340 e. The second-order valence-corrected chi connectivity index (χ2v) is 5.96. The summed E-state index contributed by atoms with van der Waals surface area (Å²) in [5.74, 6) is 1.37. The lowest BCUT2D eigenvalue weighted by atomic mass is 9.91. The highest BCUT2D eigenvalue weighted by Gasteiger charge is 2.17. The van der Waals surface area contributed by atoms with Crippen LogP contribution in [0.4, 0.5) is 0 Å². The predicted octanol–water partition coefficient (Wildman–Crippen LogP) is 2.59. The van der Waals surface area contributed by atoms with Crippen molar-refractivity contribution in [2.24, 2.45) is 0 Å². The first kappa shape index (κ1) is 14.2. The molecule has 0 aliphatic heterocycles. The number of aryl methyl sites for hydroxylation is 3. The van der Waals surface area contributed by atoms with Gasteiger partial charge in [-0.1, -0.05) is 5.16 Å². The van der Waals surface area contributed by atoms with Crippen LogP contribution in [-0.4, -0.2) is 27.1 Å². The maximum atomic E-state index is 5.03. The number of nitrogens with zero attached hydrogens (tertiary/aromatic N) is 4. The van der Waals surface area contributed by atoms with E-state index in [9.17, 15) is 0 Å². The Hall–Kier alpha value is -1.75. The molecule has 1 aliphatic rings. The molecular weight excluding hydrogens is 264 g/mol. The minimum atomic E-state index is 0.621. The smallest absolute Gasteiger partial charge is 0.223 e. The third-order valence-electron chi connectivity index (χ3n) is 3.94. The van der Waals surface area contributed by atoms with Gasteiger partial charge in [-0.15, -0.1) is 0 Å². The van der Waals surface area contributed by atoms with Gasteiger partial charge in [0.25, 0.3) is 0 Å². The Bertz CT molecular complexity index is 635. The monoisotopic (exact) mass is 286 g/mol. The molecule has 2 aromatic rings. The number of hydrogen-bond donors (Lipinski definition) is 0. The van der Waals surface area contributed by atoms with Gasteiger partial charge in [-0.25, -0.2) is 0 Å². The third kappa shape index (κ3) is 3.29. The molecule has 0 bridgehead atoms. The molecule has 0 amide bonds. The Kier molecular flexibility index (Phi) is 4.01. The van der Waals surface area contributed by atoms with E-state index in [1.165, 1.54) is 29.7 Å². The number of fused-ring (bicyclic) bond motifs is 1. The van der Waals surface area contributed by atoms with E-state index in [0.717, 1.165) is 30.9 Å². The van der Waals surface area contributed by atoms with Crippen molar-refractivity contribution >= 4 is 0 Å². The zero-order valence-corrected chi connectivity index (χ0v) is 13.0. The topological polar surface area (TPSA) is 55.1 Å². The lowest BCUT2D eigenvalue weighted by molar-refractivity contribution is 0.299. The molecule has 0 fully saturated rings. The Morgan fingerprint density at radius 2 is 1.95 bits per heavy atom. The standard InChI is InChI=1S/C16H22N4O/c1-11-8-13(14-6-4-5-7-15(14)17-11)9-20(3)10-16-18-12(2)21-19-16/h8H,4-7,9-10H2,1-3H3. The van der Waals surface area contributed by atoms with Gasteiger partial charge in [0.1, 0.15) is 0 Å². The number of pyridine rings is 1. The van der Waals surface area contributed by atoms with Crippen molar-refractivity contribution in [2.45, 2.75) is 52.6 Å². The van der Waals surface area contributed by atoms with Gasteiger partial charge in [-0.2, -0.15) is 4.98 Å². The minimum absolute atomic E-state index is 0.621. The summed E-state index contributed by atoms with van der Waals surface area (Å²) in [4.78, 5) is 11.2. The lowest BCUT2D eigenvalue weighted by Gasteiger charge is -2.22. The van der Waals surface area contributed by atoms with Gasteiger partial charge in [0.05, 0.1) is 6.54 Å². The first-order valence-electron chi connectivity index (χ1n) is 7.58. The highest BCUT2D eigenvalue weighted by molar-refractivity contribution is 5.34. The fraction of sp³-hybridized carbons (Fsp3) is 0.562. The molecule has 0 aromatic carbocycles. The van der Waals surface area contributed by atoms with Gasteiger partial charge in [-0.3, -0.25) is 9.88 Å². The fourth-order valence-electron chi connectivity index (χ4n) is 3.08. The summed E-state index contributed by atoms with van der Waals surface area (Å²) < 4.78 is 5.03. The van der Waals surface area contributed by atoms with Crippen molar-refractivity contribution in [2.75, 3.05) is 7.05 Å². The molecule has 5 nitrogen and oxygen atoms in total. The van der Waals surface area contributed by atoms with Crippen LogP contribution >= 0.6 is 0 Å². The van der Waals surface area contributed by atoms with Crippen LogP contribution in [-0.2, 0) is 25.9 Å². The highest BCUT2D eigenvalue weighted by atomic mass is 16.5. The molecule has 0 radical (unpaired) electrons. The van der Waals surface area contributed by atoms with Crippen LogP contribution < -0.4 is 0 Å². The molecule has 0 saturated heterocycles. The van der Waals surface area contributed by atoms with Crippen LogP contribution in [0, 0.1) is 13.8 Å². The van der Waals surface area contributed by atoms with E-state index in [1.54, 1.807) is 0 Å². The van der Waals surface area contributed by atoms with Crippen LogP contribution in [0.2, 0.25) is 0 Å². The molecule has 2 heterocycles. The molecule has 112 valence electrons. The maximum Gasteiger partial charge on any atom is 0.223 e. The fourth-order valence-corrected chi connectivity index (χ4v) is 3.08. The second kappa shape index (κ2) is 5.93. The number of aromatic nitrogens is 3. The molecule has 0 N–H and O–H groups in total. The Morgan fingerprint density at radius 3 is 2.71 bits per heavy atom. The first-order chi connectivity index (χ1) is 10.1. The molecular formula is C16H22N4O. The molecule has 3 rings (SSSR count). The summed E-state index contributed by atoms with van der Waals surface area (Å²) >= 11 is 0. The maximum absolute atomic E-state index is 5.03. The summed E-state index contributed by atoms with van der Waals surface area (Å²) in [7, 11) is 2.09. The summed E-state index contributed by atoms with van der Waals surface area (Å²) in [6, 6.07) is 2.22. The van der Waals surface area contributed by atoms with Crippen molar-refractivity contribution in [1.29, 1.82) is 0 Å². The van der Waals surface area contributed by atoms with E-state index < -0.39 is 0 Å². The SMILES string of the molecule is Cc1cc(CN(C)Cc2noc(C)n2)c2c(n1)CCCC2. The summed E-state index contributed by atoms with van der Waals surface area (Å²) in [6.07, 6.45) is 4.82. The predicted molar refractivity (Wildman–Crippen MR) is 79.8 cm³/mol. The molecule has 0 unspecified atom stereocenters. The third-order valence-corrected chi connectivity index (χ3v) is 3.94. The van der Waals surface area contributed by atoms with Crippen molar-refractivity contribution in [3.8, 4) is 0 Å². The van der Waals surface area contributed by atoms with E-state index in [-0.39, 0.29) is 0 Å². The van der Waals surface area contributed by atoms with Crippen LogP contribution in [0.15, 0.2) is 10.6 Å². The molecule has 0 atom stereocenters.